The molecule has 1 aromatic heterocycles. The number of hydrogen-bond acceptors (Lipinski definition) is 6. The molecule has 7 nitrogen and oxygen atoms in total. The maximum atomic E-state index is 12.5. The van der Waals surface area contributed by atoms with Crippen molar-refractivity contribution in [3.05, 3.63) is 41.7 Å². The lowest BCUT2D eigenvalue weighted by molar-refractivity contribution is -0.134. The first kappa shape index (κ1) is 21.3. The minimum atomic E-state index is 0.0356. The molecular weight excluding hydrogens is 402 g/mol. The Morgan fingerprint density at radius 3 is 2.50 bits per heavy atom. The summed E-state index contributed by atoms with van der Waals surface area (Å²) in [4.78, 5) is 23.9. The van der Waals surface area contributed by atoms with Crippen LogP contribution in [-0.2, 0) is 16.1 Å². The lowest BCUT2D eigenvalue weighted by Gasteiger charge is -2.36. The van der Waals surface area contributed by atoms with Crippen LogP contribution in [0.2, 0.25) is 0 Å². The fraction of sp³-hybridized carbons (Fsp3) is 0.560. The van der Waals surface area contributed by atoms with Gasteiger partial charge in [-0.2, -0.15) is 0 Å². The summed E-state index contributed by atoms with van der Waals surface area (Å²) in [6, 6.07) is 6.85. The minimum absolute atomic E-state index is 0.0356. The van der Waals surface area contributed by atoms with Crippen molar-refractivity contribution in [2.75, 3.05) is 31.3 Å². The number of piperidine rings is 1. The minimum Gasteiger partial charge on any atom is -0.377 e. The third kappa shape index (κ3) is 4.36. The van der Waals surface area contributed by atoms with Gasteiger partial charge in [-0.3, -0.25) is 4.79 Å². The second kappa shape index (κ2) is 8.45. The number of carbonyl (C=O) groups excluding carboxylic acids is 1. The summed E-state index contributed by atoms with van der Waals surface area (Å²) in [5.41, 5.74) is 8.21. The van der Waals surface area contributed by atoms with E-state index in [1.165, 1.54) is 16.8 Å². The number of anilines is 1. The van der Waals surface area contributed by atoms with E-state index in [1.54, 1.807) is 0 Å². The number of nitrogens with zero attached hydrogens (tertiary/aromatic N) is 4. The van der Waals surface area contributed by atoms with Crippen molar-refractivity contribution in [3.63, 3.8) is 0 Å². The molecule has 170 valence electrons. The number of aromatic nitrogens is 2. The predicted molar refractivity (Wildman–Crippen MR) is 124 cm³/mol. The number of rotatable bonds is 4. The standard InChI is InChI=1S/C25H33N5O2/c1-25(2,3)11-23(31)29-8-6-17(7-9-29)20-12-26-24(27-13-20)18-4-5-19-14-28-30(22(19)10-18)21-15-32-16-21/h4-5,10,12-13,17,21,28H,6-9,11,14-16H2,1-3H3. The summed E-state index contributed by atoms with van der Waals surface area (Å²) < 4.78 is 5.36. The highest BCUT2D eigenvalue weighted by atomic mass is 16.5. The lowest BCUT2D eigenvalue weighted by atomic mass is 9.88. The summed E-state index contributed by atoms with van der Waals surface area (Å²) in [7, 11) is 0. The molecule has 3 aliphatic heterocycles. The molecule has 1 aromatic carbocycles. The molecule has 5 rings (SSSR count). The molecule has 1 N–H and O–H groups in total. The van der Waals surface area contributed by atoms with Gasteiger partial charge in [-0.05, 0) is 41.4 Å². The molecule has 1 amide bonds. The highest BCUT2D eigenvalue weighted by Gasteiger charge is 2.31. The van der Waals surface area contributed by atoms with E-state index < -0.39 is 0 Å². The summed E-state index contributed by atoms with van der Waals surface area (Å²) in [6.07, 6.45) is 6.51. The zero-order chi connectivity index (χ0) is 22.3. The molecule has 0 radical (unpaired) electrons. The van der Waals surface area contributed by atoms with Gasteiger partial charge < -0.3 is 14.6 Å². The summed E-state index contributed by atoms with van der Waals surface area (Å²) in [6.45, 7) is 10.4. The number of ether oxygens (including phenoxy) is 1. The van der Waals surface area contributed by atoms with E-state index in [0.717, 1.165) is 57.1 Å². The molecule has 32 heavy (non-hydrogen) atoms. The number of benzene rings is 1. The Kier molecular flexibility index (Phi) is 5.63. The number of likely N-dealkylation sites (tertiary alicyclic amines) is 1. The van der Waals surface area contributed by atoms with Crippen molar-refractivity contribution in [1.29, 1.82) is 0 Å². The van der Waals surface area contributed by atoms with Crippen molar-refractivity contribution in [3.8, 4) is 11.4 Å². The van der Waals surface area contributed by atoms with E-state index in [-0.39, 0.29) is 11.3 Å². The van der Waals surface area contributed by atoms with Gasteiger partial charge in [-0.15, -0.1) is 0 Å². The van der Waals surface area contributed by atoms with E-state index in [0.29, 0.717) is 18.4 Å². The smallest absolute Gasteiger partial charge is 0.223 e. The van der Waals surface area contributed by atoms with Gasteiger partial charge in [0.1, 0.15) is 0 Å². The van der Waals surface area contributed by atoms with Crippen LogP contribution in [0.3, 0.4) is 0 Å². The zero-order valence-electron chi connectivity index (χ0n) is 19.3. The number of fused-ring (bicyclic) bond motifs is 1. The molecule has 4 heterocycles. The van der Waals surface area contributed by atoms with Gasteiger partial charge in [0.25, 0.3) is 0 Å². The van der Waals surface area contributed by atoms with Gasteiger partial charge in [-0.1, -0.05) is 32.9 Å². The van der Waals surface area contributed by atoms with Crippen molar-refractivity contribution in [2.45, 2.75) is 58.5 Å². The normalized spacial score (nSPS) is 19.7. The van der Waals surface area contributed by atoms with Crippen molar-refractivity contribution in [2.24, 2.45) is 5.41 Å². The molecule has 0 aliphatic carbocycles. The molecule has 0 bridgehead atoms. The number of hydrogen-bond donors (Lipinski definition) is 1. The molecule has 7 heteroatoms. The molecular formula is C25H33N5O2. The molecule has 0 atom stereocenters. The highest BCUT2D eigenvalue weighted by molar-refractivity contribution is 5.77. The Morgan fingerprint density at radius 1 is 1.16 bits per heavy atom. The van der Waals surface area contributed by atoms with Gasteiger partial charge in [-0.25, -0.2) is 15.4 Å². The first-order valence-electron chi connectivity index (χ1n) is 11.7. The maximum absolute atomic E-state index is 12.5. The van der Waals surface area contributed by atoms with E-state index >= 15 is 0 Å². The molecule has 0 unspecified atom stereocenters. The van der Waals surface area contributed by atoms with Crippen LogP contribution in [0.5, 0.6) is 0 Å². The second-order valence-corrected chi connectivity index (χ2v) is 10.5. The van der Waals surface area contributed by atoms with Crippen LogP contribution in [0.4, 0.5) is 5.69 Å². The van der Waals surface area contributed by atoms with Gasteiger partial charge in [0.2, 0.25) is 5.91 Å². The second-order valence-electron chi connectivity index (χ2n) is 10.5. The number of carbonyl (C=O) groups is 1. The van der Waals surface area contributed by atoms with Crippen molar-refractivity contribution in [1.82, 2.24) is 20.3 Å². The summed E-state index contributed by atoms with van der Waals surface area (Å²) in [5.74, 6) is 1.45. The topological polar surface area (TPSA) is 70.6 Å². The molecule has 2 fully saturated rings. The first-order chi connectivity index (χ1) is 15.4. The van der Waals surface area contributed by atoms with Gasteiger partial charge in [0.05, 0.1) is 24.9 Å². The zero-order valence-corrected chi connectivity index (χ0v) is 19.3. The summed E-state index contributed by atoms with van der Waals surface area (Å²) in [5, 5.41) is 2.23. The molecule has 0 spiro atoms. The monoisotopic (exact) mass is 435 g/mol. The van der Waals surface area contributed by atoms with Gasteiger partial charge in [0.15, 0.2) is 5.82 Å². The van der Waals surface area contributed by atoms with Crippen LogP contribution in [0.25, 0.3) is 11.4 Å². The van der Waals surface area contributed by atoms with Gasteiger partial charge in [0, 0.05) is 44.0 Å². The number of amides is 1. The van der Waals surface area contributed by atoms with Crippen LogP contribution in [0, 0.1) is 5.41 Å². The van der Waals surface area contributed by atoms with E-state index in [2.05, 4.69) is 49.4 Å². The largest absolute Gasteiger partial charge is 0.377 e. The van der Waals surface area contributed by atoms with Crippen LogP contribution in [0.15, 0.2) is 30.6 Å². The fourth-order valence-corrected chi connectivity index (χ4v) is 4.76. The first-order valence-corrected chi connectivity index (χ1v) is 11.7. The van der Waals surface area contributed by atoms with Gasteiger partial charge >= 0.3 is 0 Å². The highest BCUT2D eigenvalue weighted by Crippen LogP contribution is 2.33. The lowest BCUT2D eigenvalue weighted by Crippen LogP contribution is -2.53. The molecule has 2 aromatic rings. The summed E-state index contributed by atoms with van der Waals surface area (Å²) >= 11 is 0. The maximum Gasteiger partial charge on any atom is 0.223 e. The van der Waals surface area contributed by atoms with E-state index in [9.17, 15) is 4.79 Å². The average Bonchev–Trinajstić information content (AvgIpc) is 3.14. The molecule has 2 saturated heterocycles. The predicted octanol–water partition coefficient (Wildman–Crippen LogP) is 3.51. The van der Waals surface area contributed by atoms with Crippen molar-refractivity contribution >= 4 is 11.6 Å². The van der Waals surface area contributed by atoms with Crippen LogP contribution < -0.4 is 10.4 Å². The van der Waals surface area contributed by atoms with Crippen LogP contribution in [0.1, 0.15) is 57.1 Å². The SMILES string of the molecule is CC(C)(C)CC(=O)N1CCC(c2cnc(-c3ccc4c(c3)N(C3COC3)NC4)nc2)CC1. The van der Waals surface area contributed by atoms with E-state index in [1.807, 2.05) is 17.3 Å². The molecule has 3 aliphatic rings. The van der Waals surface area contributed by atoms with Crippen LogP contribution in [-0.4, -0.2) is 53.1 Å². The third-order valence-electron chi connectivity index (χ3n) is 6.70. The fourth-order valence-electron chi connectivity index (χ4n) is 4.76. The number of hydrazine groups is 1. The Bertz CT molecular complexity index is 973. The van der Waals surface area contributed by atoms with Crippen LogP contribution >= 0.6 is 0 Å². The van der Waals surface area contributed by atoms with Crippen molar-refractivity contribution < 1.29 is 9.53 Å². The Hall–Kier alpha value is -2.51. The average molecular weight is 436 g/mol. The Morgan fingerprint density at radius 2 is 1.88 bits per heavy atom. The quantitative estimate of drug-likeness (QED) is 0.793. The Labute approximate surface area is 190 Å². The van der Waals surface area contributed by atoms with E-state index in [4.69, 9.17) is 14.7 Å². The molecule has 0 saturated carbocycles. The Balaban J connectivity index is 1.23. The number of nitrogens with one attached hydrogen (secondary N) is 1. The third-order valence-corrected chi connectivity index (χ3v) is 6.70.